The van der Waals surface area contributed by atoms with Crippen molar-refractivity contribution in [2.24, 2.45) is 5.92 Å². The lowest BCUT2D eigenvalue weighted by molar-refractivity contribution is 0.438. The van der Waals surface area contributed by atoms with Gasteiger partial charge in [-0.3, -0.25) is 0 Å². The van der Waals surface area contributed by atoms with Gasteiger partial charge in [-0.1, -0.05) is 44.2 Å². The van der Waals surface area contributed by atoms with Crippen LogP contribution in [0.25, 0.3) is 0 Å². The molecule has 0 saturated carbocycles. The Morgan fingerprint density at radius 3 is 2.25 bits per heavy atom. The van der Waals surface area contributed by atoms with Crippen LogP contribution in [0.4, 0.5) is 0 Å². The van der Waals surface area contributed by atoms with Crippen LogP contribution in [0.3, 0.4) is 0 Å². The summed E-state index contributed by atoms with van der Waals surface area (Å²) in [5.74, 6) is 1.21. The van der Waals surface area contributed by atoms with E-state index in [0.717, 1.165) is 6.54 Å². The van der Waals surface area contributed by atoms with E-state index in [0.29, 0.717) is 17.9 Å². The second kappa shape index (κ2) is 7.05. The molecule has 2 heteroatoms. The van der Waals surface area contributed by atoms with E-state index in [1.165, 1.54) is 15.3 Å². The summed E-state index contributed by atoms with van der Waals surface area (Å²) in [6.07, 6.45) is 0. The minimum absolute atomic E-state index is 0.429. The van der Waals surface area contributed by atoms with Gasteiger partial charge in [-0.05, 0) is 43.4 Å². The quantitative estimate of drug-likeness (QED) is 0.775. The van der Waals surface area contributed by atoms with Crippen LogP contribution >= 0.6 is 11.3 Å². The molecule has 108 valence electrons. The topological polar surface area (TPSA) is 12.0 Å². The van der Waals surface area contributed by atoms with Crippen LogP contribution in [0, 0.1) is 12.8 Å². The summed E-state index contributed by atoms with van der Waals surface area (Å²) in [5.41, 5.74) is 1.43. The summed E-state index contributed by atoms with van der Waals surface area (Å²) in [7, 11) is 0. The molecule has 1 N–H and O–H groups in total. The Hall–Kier alpha value is -1.12. The average molecular weight is 287 g/mol. The maximum Gasteiger partial charge on any atom is 0.0386 e. The van der Waals surface area contributed by atoms with Crippen molar-refractivity contribution in [1.29, 1.82) is 0 Å². The van der Waals surface area contributed by atoms with Crippen LogP contribution in [-0.2, 0) is 0 Å². The third-order valence-electron chi connectivity index (χ3n) is 3.86. The van der Waals surface area contributed by atoms with Gasteiger partial charge in [0, 0.05) is 22.3 Å². The Labute approximate surface area is 127 Å². The van der Waals surface area contributed by atoms with Gasteiger partial charge in [-0.15, -0.1) is 11.3 Å². The molecule has 0 aliphatic carbocycles. The molecule has 2 aromatic rings. The fourth-order valence-electron chi connectivity index (χ4n) is 2.53. The number of thiophene rings is 1. The molecule has 0 bridgehead atoms. The molecule has 0 spiro atoms. The first-order chi connectivity index (χ1) is 9.58. The molecule has 0 aliphatic heterocycles. The number of rotatable bonds is 6. The number of hydrogen-bond donors (Lipinski definition) is 1. The predicted molar refractivity (Wildman–Crippen MR) is 89.5 cm³/mol. The zero-order chi connectivity index (χ0) is 14.5. The maximum absolute atomic E-state index is 3.70. The fourth-order valence-corrected chi connectivity index (χ4v) is 3.43. The summed E-state index contributed by atoms with van der Waals surface area (Å²) >= 11 is 1.89. The van der Waals surface area contributed by atoms with Gasteiger partial charge in [0.15, 0.2) is 0 Å². The summed E-state index contributed by atoms with van der Waals surface area (Å²) in [6, 6.07) is 15.7. The molecule has 0 radical (unpaired) electrons. The minimum Gasteiger partial charge on any atom is -0.309 e. The van der Waals surface area contributed by atoms with Gasteiger partial charge in [0.1, 0.15) is 0 Å². The summed E-state index contributed by atoms with van der Waals surface area (Å²) < 4.78 is 0. The number of aryl methyl sites for hydroxylation is 1. The Kier molecular flexibility index (Phi) is 5.38. The van der Waals surface area contributed by atoms with Gasteiger partial charge in [-0.2, -0.15) is 0 Å². The number of hydrogen-bond acceptors (Lipinski definition) is 2. The normalized spacial score (nSPS) is 14.4. The third-order valence-corrected chi connectivity index (χ3v) is 5.05. The molecule has 0 aliphatic rings. The first-order valence-electron chi connectivity index (χ1n) is 7.42. The smallest absolute Gasteiger partial charge is 0.0386 e. The van der Waals surface area contributed by atoms with Crippen LogP contribution in [0.2, 0.25) is 0 Å². The van der Waals surface area contributed by atoms with Crippen molar-refractivity contribution in [2.45, 2.75) is 39.7 Å². The molecule has 2 unspecified atom stereocenters. The highest BCUT2D eigenvalue weighted by Crippen LogP contribution is 2.26. The van der Waals surface area contributed by atoms with Gasteiger partial charge < -0.3 is 5.32 Å². The molecule has 0 fully saturated rings. The van der Waals surface area contributed by atoms with E-state index in [2.05, 4.69) is 75.5 Å². The monoisotopic (exact) mass is 287 g/mol. The van der Waals surface area contributed by atoms with Gasteiger partial charge >= 0.3 is 0 Å². The van der Waals surface area contributed by atoms with E-state index in [-0.39, 0.29) is 0 Å². The molecule has 0 saturated heterocycles. The van der Waals surface area contributed by atoms with E-state index in [4.69, 9.17) is 0 Å². The lowest BCUT2D eigenvalue weighted by Gasteiger charge is -2.24. The van der Waals surface area contributed by atoms with Crippen molar-refractivity contribution >= 4 is 11.3 Å². The number of nitrogens with one attached hydrogen (secondary N) is 1. The predicted octanol–water partition coefficient (Wildman–Crippen LogP) is 5.15. The van der Waals surface area contributed by atoms with Crippen LogP contribution in [0.5, 0.6) is 0 Å². The van der Waals surface area contributed by atoms with E-state index < -0.39 is 0 Å². The Balaban J connectivity index is 1.99. The zero-order valence-corrected chi connectivity index (χ0v) is 13.7. The Morgan fingerprint density at radius 1 is 1.00 bits per heavy atom. The van der Waals surface area contributed by atoms with E-state index in [1.807, 2.05) is 11.3 Å². The van der Waals surface area contributed by atoms with Gasteiger partial charge in [0.2, 0.25) is 0 Å². The lowest BCUT2D eigenvalue weighted by Crippen LogP contribution is -2.26. The first kappa shape index (κ1) is 15.3. The largest absolute Gasteiger partial charge is 0.309 e. The number of benzene rings is 1. The molecule has 1 heterocycles. The van der Waals surface area contributed by atoms with Crippen LogP contribution < -0.4 is 5.32 Å². The van der Waals surface area contributed by atoms with Crippen molar-refractivity contribution in [3.63, 3.8) is 0 Å². The van der Waals surface area contributed by atoms with Crippen LogP contribution in [0.1, 0.15) is 48.0 Å². The third kappa shape index (κ3) is 3.94. The molecule has 2 rings (SSSR count). The fraction of sp³-hybridized carbons (Fsp3) is 0.444. The van der Waals surface area contributed by atoms with Crippen molar-refractivity contribution in [1.82, 2.24) is 5.32 Å². The highest BCUT2D eigenvalue weighted by Gasteiger charge is 2.17. The van der Waals surface area contributed by atoms with Gasteiger partial charge in [-0.25, -0.2) is 0 Å². The van der Waals surface area contributed by atoms with E-state index >= 15 is 0 Å². The first-order valence-corrected chi connectivity index (χ1v) is 8.24. The van der Waals surface area contributed by atoms with Crippen molar-refractivity contribution in [3.05, 3.63) is 57.8 Å². The second-order valence-electron chi connectivity index (χ2n) is 5.84. The molecule has 0 amide bonds. The summed E-state index contributed by atoms with van der Waals surface area (Å²) in [4.78, 5) is 2.81. The Morgan fingerprint density at radius 2 is 1.70 bits per heavy atom. The SMILES string of the molecule is Cc1ccc(C(C)NCC(c2ccccc2)C(C)C)s1. The molecule has 20 heavy (non-hydrogen) atoms. The van der Waals surface area contributed by atoms with Crippen molar-refractivity contribution in [2.75, 3.05) is 6.54 Å². The molecular weight excluding hydrogens is 262 g/mol. The summed E-state index contributed by atoms with van der Waals surface area (Å²) in [6.45, 7) is 10.1. The minimum atomic E-state index is 0.429. The van der Waals surface area contributed by atoms with Gasteiger partial charge in [0.05, 0.1) is 0 Å². The average Bonchev–Trinajstić information content (AvgIpc) is 2.86. The Bertz CT molecular complexity index is 515. The maximum atomic E-state index is 3.70. The van der Waals surface area contributed by atoms with Gasteiger partial charge in [0.25, 0.3) is 0 Å². The van der Waals surface area contributed by atoms with Crippen LogP contribution in [-0.4, -0.2) is 6.54 Å². The molecule has 1 aromatic heterocycles. The molecule has 2 atom stereocenters. The molecule has 1 aromatic carbocycles. The standard InChI is InChI=1S/C18H25NS/c1-13(2)17(16-8-6-5-7-9-16)12-19-15(4)18-11-10-14(3)20-18/h5-11,13,15,17,19H,12H2,1-4H3. The van der Waals surface area contributed by atoms with E-state index in [9.17, 15) is 0 Å². The van der Waals surface area contributed by atoms with Crippen LogP contribution in [0.15, 0.2) is 42.5 Å². The molecular formula is C18H25NS. The highest BCUT2D eigenvalue weighted by atomic mass is 32.1. The van der Waals surface area contributed by atoms with Crippen molar-refractivity contribution < 1.29 is 0 Å². The zero-order valence-electron chi connectivity index (χ0n) is 12.9. The van der Waals surface area contributed by atoms with Crippen molar-refractivity contribution in [3.8, 4) is 0 Å². The summed E-state index contributed by atoms with van der Waals surface area (Å²) in [5, 5.41) is 3.70. The lowest BCUT2D eigenvalue weighted by atomic mass is 9.88. The molecule has 1 nitrogen and oxygen atoms in total. The second-order valence-corrected chi connectivity index (χ2v) is 7.16. The van der Waals surface area contributed by atoms with E-state index in [1.54, 1.807) is 0 Å². The highest BCUT2D eigenvalue weighted by molar-refractivity contribution is 7.12.